The zero-order chi connectivity index (χ0) is 19.0. The predicted octanol–water partition coefficient (Wildman–Crippen LogP) is 3.81. The van der Waals surface area contributed by atoms with Gasteiger partial charge in [-0.3, -0.25) is 9.59 Å². The van der Waals surface area contributed by atoms with E-state index in [1.54, 1.807) is 20.8 Å². The second-order valence-corrected chi connectivity index (χ2v) is 6.67. The smallest absolute Gasteiger partial charge is 0.323 e. The van der Waals surface area contributed by atoms with Gasteiger partial charge in [0.15, 0.2) is 5.41 Å². The molecule has 1 aromatic carbocycles. The first kappa shape index (κ1) is 20.2. The van der Waals surface area contributed by atoms with Crippen LogP contribution in [0.4, 0.5) is 0 Å². The molecule has 26 heavy (non-hydrogen) atoms. The Morgan fingerprint density at radius 2 is 1.65 bits per heavy atom. The number of allylic oxidation sites excluding steroid dienone is 1. The molecule has 0 amide bonds. The molecule has 0 bridgehead atoms. The highest BCUT2D eigenvalue weighted by atomic mass is 16.6. The van der Waals surface area contributed by atoms with Crippen molar-refractivity contribution < 1.29 is 23.8 Å². The molecule has 0 radical (unpaired) electrons. The molecule has 0 spiro atoms. The van der Waals surface area contributed by atoms with Crippen molar-refractivity contribution in [1.29, 1.82) is 0 Å². The number of carbonyl (C=O) groups excluding carboxylic acids is 2. The Labute approximate surface area is 155 Å². The van der Waals surface area contributed by atoms with Crippen LogP contribution >= 0.6 is 0 Å². The van der Waals surface area contributed by atoms with Gasteiger partial charge in [-0.2, -0.15) is 0 Å². The summed E-state index contributed by atoms with van der Waals surface area (Å²) in [4.78, 5) is 24.5. The summed E-state index contributed by atoms with van der Waals surface area (Å²) in [6.45, 7) is 6.11. The maximum Gasteiger partial charge on any atom is 0.323 e. The zero-order valence-electron chi connectivity index (χ0n) is 15.8. The molecule has 1 aromatic rings. The number of rotatable bonds is 9. The predicted molar refractivity (Wildman–Crippen MR) is 98.3 cm³/mol. The van der Waals surface area contributed by atoms with Crippen LogP contribution in [0, 0.1) is 5.41 Å². The van der Waals surface area contributed by atoms with E-state index < -0.39 is 17.4 Å². The van der Waals surface area contributed by atoms with Crippen LogP contribution in [0.2, 0.25) is 0 Å². The summed E-state index contributed by atoms with van der Waals surface area (Å²) in [5.41, 5.74) is 1.06. The fourth-order valence-corrected chi connectivity index (χ4v) is 2.78. The first-order valence-electron chi connectivity index (χ1n) is 9.17. The van der Waals surface area contributed by atoms with Gasteiger partial charge in [0.05, 0.1) is 25.9 Å². The Morgan fingerprint density at radius 3 is 2.19 bits per heavy atom. The number of benzene rings is 1. The number of esters is 2. The summed E-state index contributed by atoms with van der Waals surface area (Å²) < 4.78 is 16.0. The van der Waals surface area contributed by atoms with Crippen molar-refractivity contribution in [1.82, 2.24) is 0 Å². The van der Waals surface area contributed by atoms with E-state index in [9.17, 15) is 9.59 Å². The molecule has 0 aliphatic heterocycles. The molecular weight excluding hydrogens is 332 g/mol. The highest BCUT2D eigenvalue weighted by Gasteiger charge is 2.43. The van der Waals surface area contributed by atoms with Gasteiger partial charge in [-0.15, -0.1) is 0 Å². The van der Waals surface area contributed by atoms with Gasteiger partial charge >= 0.3 is 11.9 Å². The monoisotopic (exact) mass is 360 g/mol. The lowest BCUT2D eigenvalue weighted by Gasteiger charge is -2.31. The summed E-state index contributed by atoms with van der Waals surface area (Å²) in [7, 11) is 0. The minimum atomic E-state index is -1.30. The Bertz CT molecular complexity index is 609. The summed E-state index contributed by atoms with van der Waals surface area (Å²) in [5.74, 6) is -1.07. The standard InChI is InChI=1S/C21H28O5/c1-4-24-19(22)21(3,20(23)25-5-2)12-11-17-13-18(14-17)26-15-16-9-7-6-8-10-16/h6-11,18H,4-5,12-15H2,1-3H3. The maximum absolute atomic E-state index is 12.2. The largest absolute Gasteiger partial charge is 0.465 e. The Morgan fingerprint density at radius 1 is 1.08 bits per heavy atom. The molecule has 0 atom stereocenters. The van der Waals surface area contributed by atoms with E-state index in [4.69, 9.17) is 14.2 Å². The summed E-state index contributed by atoms with van der Waals surface area (Å²) >= 11 is 0. The van der Waals surface area contributed by atoms with Gasteiger partial charge in [0.25, 0.3) is 0 Å². The van der Waals surface area contributed by atoms with Crippen LogP contribution in [0.5, 0.6) is 0 Å². The third-order valence-corrected chi connectivity index (χ3v) is 4.56. The first-order chi connectivity index (χ1) is 12.5. The van der Waals surface area contributed by atoms with Gasteiger partial charge in [-0.05, 0) is 45.6 Å². The molecule has 1 saturated carbocycles. The molecule has 0 saturated heterocycles. The summed E-state index contributed by atoms with van der Waals surface area (Å²) in [5, 5.41) is 0. The lowest BCUT2D eigenvalue weighted by molar-refractivity contribution is -0.170. The van der Waals surface area contributed by atoms with Gasteiger partial charge in [-0.25, -0.2) is 0 Å². The van der Waals surface area contributed by atoms with Gasteiger partial charge in [0.1, 0.15) is 0 Å². The molecule has 142 valence electrons. The molecular formula is C21H28O5. The van der Waals surface area contributed by atoms with E-state index >= 15 is 0 Å². The zero-order valence-corrected chi connectivity index (χ0v) is 15.8. The maximum atomic E-state index is 12.2. The summed E-state index contributed by atoms with van der Waals surface area (Å²) in [6.07, 6.45) is 4.09. The number of ether oxygens (including phenoxy) is 3. The minimum Gasteiger partial charge on any atom is -0.465 e. The lowest BCUT2D eigenvalue weighted by Crippen LogP contribution is -2.39. The van der Waals surface area contributed by atoms with Crippen molar-refractivity contribution in [3.05, 3.63) is 47.5 Å². The topological polar surface area (TPSA) is 61.8 Å². The van der Waals surface area contributed by atoms with Crippen LogP contribution in [0.15, 0.2) is 42.0 Å². The van der Waals surface area contributed by atoms with E-state index in [2.05, 4.69) is 0 Å². The average Bonchev–Trinajstić information content (AvgIpc) is 2.61. The van der Waals surface area contributed by atoms with Crippen LogP contribution in [0.1, 0.15) is 45.6 Å². The van der Waals surface area contributed by atoms with Crippen molar-refractivity contribution in [2.75, 3.05) is 13.2 Å². The SMILES string of the molecule is CCOC(=O)C(C)(CC=C1CC(OCc2ccccc2)C1)C(=O)OCC. The van der Waals surface area contributed by atoms with Crippen LogP contribution in [-0.2, 0) is 30.4 Å². The van der Waals surface area contributed by atoms with E-state index in [-0.39, 0.29) is 25.7 Å². The molecule has 5 nitrogen and oxygen atoms in total. The molecule has 0 heterocycles. The van der Waals surface area contributed by atoms with Crippen molar-refractivity contribution in [3.63, 3.8) is 0 Å². The molecule has 1 fully saturated rings. The lowest BCUT2D eigenvalue weighted by atomic mass is 9.82. The third kappa shape index (κ3) is 5.18. The van der Waals surface area contributed by atoms with Gasteiger partial charge in [0.2, 0.25) is 0 Å². The molecule has 2 rings (SSSR count). The molecule has 1 aliphatic rings. The molecule has 0 N–H and O–H groups in total. The van der Waals surface area contributed by atoms with Crippen molar-refractivity contribution in [3.8, 4) is 0 Å². The van der Waals surface area contributed by atoms with Crippen molar-refractivity contribution in [2.45, 2.75) is 52.7 Å². The Balaban J connectivity index is 1.86. The average molecular weight is 360 g/mol. The minimum absolute atomic E-state index is 0.192. The molecule has 5 heteroatoms. The van der Waals surface area contributed by atoms with Gasteiger partial charge in [0, 0.05) is 0 Å². The Kier molecular flexibility index (Phi) is 7.39. The third-order valence-electron chi connectivity index (χ3n) is 4.56. The summed E-state index contributed by atoms with van der Waals surface area (Å²) in [6, 6.07) is 10.1. The molecule has 1 aliphatic carbocycles. The Hall–Kier alpha value is -2.14. The van der Waals surface area contributed by atoms with E-state index in [0.717, 1.165) is 18.4 Å². The van der Waals surface area contributed by atoms with Gasteiger partial charge < -0.3 is 14.2 Å². The first-order valence-corrected chi connectivity index (χ1v) is 9.17. The van der Waals surface area contributed by atoms with Crippen molar-refractivity contribution >= 4 is 11.9 Å². The number of hydrogen-bond donors (Lipinski definition) is 0. The van der Waals surface area contributed by atoms with E-state index in [1.807, 2.05) is 36.4 Å². The van der Waals surface area contributed by atoms with E-state index in [0.29, 0.717) is 6.61 Å². The number of hydrogen-bond acceptors (Lipinski definition) is 5. The second-order valence-electron chi connectivity index (χ2n) is 6.67. The second kappa shape index (κ2) is 9.53. The van der Waals surface area contributed by atoms with E-state index in [1.165, 1.54) is 5.57 Å². The highest BCUT2D eigenvalue weighted by molar-refractivity contribution is 5.99. The van der Waals surface area contributed by atoms with Crippen LogP contribution in [-0.4, -0.2) is 31.3 Å². The van der Waals surface area contributed by atoms with Crippen molar-refractivity contribution in [2.24, 2.45) is 5.41 Å². The molecule has 0 unspecified atom stereocenters. The quantitative estimate of drug-likeness (QED) is 0.381. The van der Waals surface area contributed by atoms with Gasteiger partial charge in [-0.1, -0.05) is 42.0 Å². The highest BCUT2D eigenvalue weighted by Crippen LogP contribution is 2.34. The molecule has 0 aromatic heterocycles. The van der Waals surface area contributed by atoms with Crippen LogP contribution in [0.25, 0.3) is 0 Å². The normalized spacial score (nSPS) is 16.6. The van der Waals surface area contributed by atoms with Crippen LogP contribution < -0.4 is 0 Å². The van der Waals surface area contributed by atoms with Crippen LogP contribution in [0.3, 0.4) is 0 Å². The fraction of sp³-hybridized carbons (Fsp3) is 0.524. The fourth-order valence-electron chi connectivity index (χ4n) is 2.78. The number of carbonyl (C=O) groups is 2.